The molecule has 2 aromatic rings. The van der Waals surface area contributed by atoms with E-state index in [1.165, 1.54) is 12.8 Å². The molecule has 1 saturated carbocycles. The summed E-state index contributed by atoms with van der Waals surface area (Å²) in [5.41, 5.74) is 0.957. The van der Waals surface area contributed by atoms with Crippen LogP contribution >= 0.6 is 0 Å². The average Bonchev–Trinajstić information content (AvgIpc) is 3.38. The van der Waals surface area contributed by atoms with Gasteiger partial charge in [-0.3, -0.25) is 9.69 Å². The van der Waals surface area contributed by atoms with Crippen molar-refractivity contribution in [3.05, 3.63) is 36.2 Å². The van der Waals surface area contributed by atoms with Crippen molar-refractivity contribution < 1.29 is 4.79 Å². The van der Waals surface area contributed by atoms with Gasteiger partial charge in [-0.1, -0.05) is 18.2 Å². The minimum atomic E-state index is 0.0774. The smallest absolute Gasteiger partial charge is 0.224 e. The first-order valence-electron chi connectivity index (χ1n) is 9.12. The number of para-hydroxylation sites is 1. The lowest BCUT2D eigenvalue weighted by Gasteiger charge is -2.31. The highest BCUT2D eigenvalue weighted by atomic mass is 16.1. The summed E-state index contributed by atoms with van der Waals surface area (Å²) in [5, 5.41) is 15.2. The average molecular weight is 340 g/mol. The van der Waals surface area contributed by atoms with E-state index in [9.17, 15) is 4.79 Å². The second kappa shape index (κ2) is 7.31. The summed E-state index contributed by atoms with van der Waals surface area (Å²) in [7, 11) is 0. The Hall–Kier alpha value is -2.28. The van der Waals surface area contributed by atoms with E-state index in [2.05, 4.69) is 25.7 Å². The Bertz CT molecular complexity index is 711. The molecule has 4 rings (SSSR count). The van der Waals surface area contributed by atoms with E-state index in [0.29, 0.717) is 6.54 Å². The molecule has 1 aliphatic heterocycles. The number of nitrogens with one attached hydrogen (secondary N) is 1. The minimum absolute atomic E-state index is 0.0774. The number of piperidine rings is 1. The topological polar surface area (TPSA) is 75.9 Å². The van der Waals surface area contributed by atoms with E-state index in [-0.39, 0.29) is 11.8 Å². The van der Waals surface area contributed by atoms with Crippen LogP contribution in [0.3, 0.4) is 0 Å². The lowest BCUT2D eigenvalue weighted by molar-refractivity contribution is -0.126. The molecule has 1 saturated heterocycles. The fraction of sp³-hybridized carbons (Fsp3) is 0.556. The van der Waals surface area contributed by atoms with Crippen LogP contribution in [0.15, 0.2) is 30.3 Å². The van der Waals surface area contributed by atoms with E-state index in [1.54, 1.807) is 4.68 Å². The van der Waals surface area contributed by atoms with Crippen molar-refractivity contribution in [2.24, 2.45) is 11.8 Å². The van der Waals surface area contributed by atoms with Gasteiger partial charge < -0.3 is 5.32 Å². The third kappa shape index (κ3) is 4.04. The molecule has 132 valence electrons. The summed E-state index contributed by atoms with van der Waals surface area (Å²) in [5.74, 6) is 1.82. The van der Waals surface area contributed by atoms with Crippen molar-refractivity contribution in [2.75, 3.05) is 19.6 Å². The van der Waals surface area contributed by atoms with Crippen LogP contribution < -0.4 is 5.32 Å². The Morgan fingerprint density at radius 1 is 1.20 bits per heavy atom. The van der Waals surface area contributed by atoms with Gasteiger partial charge in [-0.15, -0.1) is 5.10 Å². The molecule has 7 nitrogen and oxygen atoms in total. The second-order valence-corrected chi connectivity index (χ2v) is 7.11. The maximum Gasteiger partial charge on any atom is 0.224 e. The molecule has 0 spiro atoms. The van der Waals surface area contributed by atoms with Gasteiger partial charge in [0, 0.05) is 13.1 Å². The number of tetrazole rings is 1. The Morgan fingerprint density at radius 3 is 2.84 bits per heavy atom. The Morgan fingerprint density at radius 2 is 2.04 bits per heavy atom. The first kappa shape index (κ1) is 16.2. The predicted octanol–water partition coefficient (Wildman–Crippen LogP) is 1.40. The molecule has 2 fully saturated rings. The molecule has 1 unspecified atom stereocenters. The highest BCUT2D eigenvalue weighted by Crippen LogP contribution is 2.28. The van der Waals surface area contributed by atoms with Gasteiger partial charge in [0.25, 0.3) is 0 Å². The van der Waals surface area contributed by atoms with E-state index in [1.807, 2.05) is 30.3 Å². The zero-order valence-electron chi connectivity index (χ0n) is 14.3. The van der Waals surface area contributed by atoms with Gasteiger partial charge in [-0.05, 0) is 60.7 Å². The molecule has 1 atom stereocenters. The van der Waals surface area contributed by atoms with Gasteiger partial charge in [0.15, 0.2) is 5.82 Å². The van der Waals surface area contributed by atoms with Crippen LogP contribution in [-0.4, -0.2) is 50.6 Å². The van der Waals surface area contributed by atoms with Crippen LogP contribution in [-0.2, 0) is 11.3 Å². The van der Waals surface area contributed by atoms with Crippen molar-refractivity contribution in [1.29, 1.82) is 0 Å². The normalized spacial score (nSPS) is 21.2. The molecule has 1 N–H and O–H groups in total. The zero-order valence-corrected chi connectivity index (χ0v) is 14.3. The SMILES string of the molecule is O=C(NCC1CC1)C1CCCN(Cc2nnnn2-c2ccccc2)C1. The summed E-state index contributed by atoms with van der Waals surface area (Å²) in [6, 6.07) is 9.90. The Kier molecular flexibility index (Phi) is 4.74. The van der Waals surface area contributed by atoms with Gasteiger partial charge in [0.05, 0.1) is 18.2 Å². The van der Waals surface area contributed by atoms with Gasteiger partial charge in [-0.2, -0.15) is 4.68 Å². The predicted molar refractivity (Wildman–Crippen MR) is 92.9 cm³/mol. The van der Waals surface area contributed by atoms with Crippen molar-refractivity contribution in [1.82, 2.24) is 30.4 Å². The summed E-state index contributed by atoms with van der Waals surface area (Å²) in [6.45, 7) is 3.27. The molecule has 0 radical (unpaired) electrons. The number of aromatic nitrogens is 4. The molecule has 1 aliphatic carbocycles. The first-order chi connectivity index (χ1) is 12.3. The van der Waals surface area contributed by atoms with Crippen molar-refractivity contribution in [3.8, 4) is 5.69 Å². The number of nitrogens with zero attached hydrogens (tertiary/aromatic N) is 5. The lowest BCUT2D eigenvalue weighted by Crippen LogP contribution is -2.43. The third-order valence-electron chi connectivity index (χ3n) is 5.04. The fourth-order valence-corrected chi connectivity index (χ4v) is 3.40. The fourth-order valence-electron chi connectivity index (χ4n) is 3.40. The van der Waals surface area contributed by atoms with Crippen molar-refractivity contribution in [3.63, 3.8) is 0 Å². The summed E-state index contributed by atoms with van der Waals surface area (Å²) in [6.07, 6.45) is 4.53. The van der Waals surface area contributed by atoms with E-state index >= 15 is 0 Å². The number of benzene rings is 1. The number of hydrogen-bond acceptors (Lipinski definition) is 5. The van der Waals surface area contributed by atoms with Gasteiger partial charge >= 0.3 is 0 Å². The van der Waals surface area contributed by atoms with E-state index in [0.717, 1.165) is 49.9 Å². The number of amides is 1. The first-order valence-corrected chi connectivity index (χ1v) is 9.12. The Balaban J connectivity index is 1.38. The number of likely N-dealkylation sites (tertiary alicyclic amines) is 1. The monoisotopic (exact) mass is 340 g/mol. The molecule has 2 aliphatic rings. The van der Waals surface area contributed by atoms with Crippen LogP contribution in [0.25, 0.3) is 5.69 Å². The van der Waals surface area contributed by atoms with Gasteiger partial charge in [0.2, 0.25) is 5.91 Å². The quantitative estimate of drug-likeness (QED) is 0.860. The molecule has 0 bridgehead atoms. The molecule has 7 heteroatoms. The summed E-state index contributed by atoms with van der Waals surface area (Å²) < 4.78 is 1.77. The Labute approximate surface area is 147 Å². The van der Waals surface area contributed by atoms with Crippen LogP contribution in [0.4, 0.5) is 0 Å². The molecule has 1 aromatic heterocycles. The molecular weight excluding hydrogens is 316 g/mol. The van der Waals surface area contributed by atoms with Crippen molar-refractivity contribution >= 4 is 5.91 Å². The zero-order chi connectivity index (χ0) is 17.1. The van der Waals surface area contributed by atoms with Crippen LogP contribution in [0.5, 0.6) is 0 Å². The maximum atomic E-state index is 12.4. The van der Waals surface area contributed by atoms with E-state index in [4.69, 9.17) is 0 Å². The largest absolute Gasteiger partial charge is 0.356 e. The molecule has 25 heavy (non-hydrogen) atoms. The minimum Gasteiger partial charge on any atom is -0.356 e. The van der Waals surface area contributed by atoms with Crippen LogP contribution in [0.1, 0.15) is 31.5 Å². The van der Waals surface area contributed by atoms with Crippen LogP contribution in [0.2, 0.25) is 0 Å². The lowest BCUT2D eigenvalue weighted by atomic mass is 9.97. The summed E-state index contributed by atoms with van der Waals surface area (Å²) >= 11 is 0. The second-order valence-electron chi connectivity index (χ2n) is 7.11. The number of carbonyl (C=O) groups is 1. The standard InChI is InChI=1S/C18H24N6O/c25-18(19-11-14-8-9-14)15-5-4-10-23(12-15)13-17-20-21-22-24(17)16-6-2-1-3-7-16/h1-3,6-7,14-15H,4-5,8-13H2,(H,19,25). The van der Waals surface area contributed by atoms with Gasteiger partial charge in [-0.25, -0.2) is 0 Å². The molecule has 1 aromatic carbocycles. The number of hydrogen-bond donors (Lipinski definition) is 1. The highest BCUT2D eigenvalue weighted by Gasteiger charge is 2.28. The molecule has 2 heterocycles. The number of rotatable bonds is 6. The highest BCUT2D eigenvalue weighted by molar-refractivity contribution is 5.79. The summed E-state index contributed by atoms with van der Waals surface area (Å²) in [4.78, 5) is 14.7. The van der Waals surface area contributed by atoms with Crippen LogP contribution in [0, 0.1) is 11.8 Å². The third-order valence-corrected chi connectivity index (χ3v) is 5.04. The maximum absolute atomic E-state index is 12.4. The molecule has 1 amide bonds. The van der Waals surface area contributed by atoms with E-state index < -0.39 is 0 Å². The van der Waals surface area contributed by atoms with Gasteiger partial charge in [0.1, 0.15) is 0 Å². The molecular formula is C18H24N6O. The van der Waals surface area contributed by atoms with Crippen molar-refractivity contribution in [2.45, 2.75) is 32.2 Å². The number of carbonyl (C=O) groups excluding carboxylic acids is 1.